The van der Waals surface area contributed by atoms with Gasteiger partial charge in [-0.15, -0.1) is 11.3 Å². The molecule has 2 N–H and O–H groups in total. The molecule has 80 valence electrons. The second-order valence-corrected chi connectivity index (χ2v) is 5.42. The highest BCUT2D eigenvalue weighted by atomic mass is 35.5. The van der Waals surface area contributed by atoms with Gasteiger partial charge in [0.15, 0.2) is 0 Å². The molecule has 3 nitrogen and oxygen atoms in total. The van der Waals surface area contributed by atoms with Gasteiger partial charge in [-0.25, -0.2) is 0 Å². The summed E-state index contributed by atoms with van der Waals surface area (Å²) < 4.78 is 1.43. The Hall–Kier alpha value is -0.710. The van der Waals surface area contributed by atoms with Gasteiger partial charge in [-0.1, -0.05) is 23.2 Å². The van der Waals surface area contributed by atoms with E-state index < -0.39 is 0 Å². The zero-order valence-corrected chi connectivity index (χ0v) is 10.2. The van der Waals surface area contributed by atoms with Crippen molar-refractivity contribution in [3.05, 3.63) is 32.7 Å². The van der Waals surface area contributed by atoms with Crippen molar-refractivity contribution in [2.45, 2.75) is 13.0 Å². The number of hydrogen-bond acceptors (Lipinski definition) is 3. The smallest absolute Gasteiger partial charge is 0.0996 e. The number of aromatic nitrogens is 2. The predicted octanol–water partition coefficient (Wildman–Crippen LogP) is 3.95. The lowest BCUT2D eigenvalue weighted by Gasteiger charge is -2.12. The number of halogens is 2. The lowest BCUT2D eigenvalue weighted by Crippen LogP contribution is -2.04. The van der Waals surface area contributed by atoms with Crippen LogP contribution >= 0.6 is 34.5 Å². The molecule has 0 saturated heterocycles. The van der Waals surface area contributed by atoms with E-state index in [-0.39, 0.29) is 6.04 Å². The first-order valence-corrected chi connectivity index (χ1v) is 5.94. The molecule has 2 rings (SSSR count). The topological polar surface area (TPSA) is 40.7 Å². The van der Waals surface area contributed by atoms with E-state index in [1.54, 1.807) is 12.4 Å². The minimum atomic E-state index is 0.110. The van der Waals surface area contributed by atoms with Gasteiger partial charge in [0.25, 0.3) is 0 Å². The van der Waals surface area contributed by atoms with E-state index in [2.05, 4.69) is 15.5 Å². The van der Waals surface area contributed by atoms with Crippen LogP contribution in [0.2, 0.25) is 8.67 Å². The fourth-order valence-corrected chi connectivity index (χ4v) is 2.95. The third kappa shape index (κ3) is 2.45. The van der Waals surface area contributed by atoms with E-state index in [1.165, 1.54) is 11.3 Å². The number of thiophene rings is 1. The first-order valence-electron chi connectivity index (χ1n) is 4.37. The van der Waals surface area contributed by atoms with E-state index in [4.69, 9.17) is 23.2 Å². The Balaban J connectivity index is 2.14. The fourth-order valence-electron chi connectivity index (χ4n) is 1.31. The summed E-state index contributed by atoms with van der Waals surface area (Å²) in [5.74, 6) is 0. The zero-order chi connectivity index (χ0) is 10.8. The summed E-state index contributed by atoms with van der Waals surface area (Å²) in [4.78, 5) is 0. The largest absolute Gasteiger partial charge is 0.376 e. The van der Waals surface area contributed by atoms with Gasteiger partial charge < -0.3 is 5.32 Å². The van der Waals surface area contributed by atoms with Gasteiger partial charge in [0, 0.05) is 11.8 Å². The molecule has 2 heterocycles. The molecule has 1 atom stereocenters. The van der Waals surface area contributed by atoms with Crippen molar-refractivity contribution in [3.8, 4) is 0 Å². The lowest BCUT2D eigenvalue weighted by molar-refractivity contribution is 0.891. The highest BCUT2D eigenvalue weighted by molar-refractivity contribution is 7.20. The molecule has 0 spiro atoms. The number of nitrogens with zero attached hydrogens (tertiary/aromatic N) is 1. The van der Waals surface area contributed by atoms with Crippen LogP contribution in [0.25, 0.3) is 0 Å². The molecular formula is C9H9Cl2N3S. The van der Waals surface area contributed by atoms with Crippen molar-refractivity contribution in [1.29, 1.82) is 0 Å². The normalized spacial score (nSPS) is 12.7. The molecule has 0 fully saturated rings. The van der Waals surface area contributed by atoms with Crippen molar-refractivity contribution in [2.75, 3.05) is 5.32 Å². The third-order valence-electron chi connectivity index (χ3n) is 2.03. The van der Waals surface area contributed by atoms with Gasteiger partial charge >= 0.3 is 0 Å². The molecule has 2 aromatic heterocycles. The van der Waals surface area contributed by atoms with Crippen LogP contribution in [0.4, 0.5) is 5.69 Å². The van der Waals surface area contributed by atoms with Gasteiger partial charge in [0.1, 0.15) is 0 Å². The highest BCUT2D eigenvalue weighted by Crippen LogP contribution is 2.35. The quantitative estimate of drug-likeness (QED) is 0.879. The molecule has 0 radical (unpaired) electrons. The molecule has 6 heteroatoms. The molecule has 1 unspecified atom stereocenters. The summed E-state index contributed by atoms with van der Waals surface area (Å²) in [5, 5.41) is 9.85. The molecule has 0 aromatic carbocycles. The van der Waals surface area contributed by atoms with Crippen LogP contribution in [0, 0.1) is 0 Å². The first kappa shape index (κ1) is 10.8. The first-order chi connectivity index (χ1) is 7.16. The summed E-state index contributed by atoms with van der Waals surface area (Å²) in [7, 11) is 0. The van der Waals surface area contributed by atoms with E-state index in [9.17, 15) is 0 Å². The van der Waals surface area contributed by atoms with Crippen LogP contribution in [-0.2, 0) is 0 Å². The molecule has 0 amide bonds. The molecular weight excluding hydrogens is 253 g/mol. The third-order valence-corrected chi connectivity index (χ3v) is 3.55. The van der Waals surface area contributed by atoms with Gasteiger partial charge in [-0.3, -0.25) is 5.10 Å². The molecule has 0 saturated carbocycles. The minimum Gasteiger partial charge on any atom is -0.376 e. The summed E-state index contributed by atoms with van der Waals surface area (Å²) in [6.07, 6.45) is 3.51. The van der Waals surface area contributed by atoms with Gasteiger partial charge in [-0.2, -0.15) is 5.10 Å². The van der Waals surface area contributed by atoms with E-state index in [0.29, 0.717) is 4.34 Å². The maximum atomic E-state index is 6.05. The minimum absolute atomic E-state index is 0.110. The monoisotopic (exact) mass is 261 g/mol. The van der Waals surface area contributed by atoms with Crippen molar-refractivity contribution in [2.24, 2.45) is 0 Å². The zero-order valence-electron chi connectivity index (χ0n) is 7.92. The van der Waals surface area contributed by atoms with Crippen LogP contribution in [0.15, 0.2) is 18.5 Å². The number of rotatable bonds is 3. The molecule has 0 aliphatic heterocycles. The summed E-state index contributed by atoms with van der Waals surface area (Å²) in [6.45, 7) is 2.03. The van der Waals surface area contributed by atoms with Crippen molar-refractivity contribution >= 4 is 40.2 Å². The average molecular weight is 262 g/mol. The van der Waals surface area contributed by atoms with Crippen molar-refractivity contribution in [1.82, 2.24) is 10.2 Å². The van der Waals surface area contributed by atoms with Crippen molar-refractivity contribution < 1.29 is 0 Å². The van der Waals surface area contributed by atoms with Gasteiger partial charge in [0.2, 0.25) is 0 Å². The number of nitrogens with one attached hydrogen (secondary N) is 2. The Morgan fingerprint density at radius 2 is 2.33 bits per heavy atom. The molecule has 15 heavy (non-hydrogen) atoms. The van der Waals surface area contributed by atoms with Crippen LogP contribution < -0.4 is 5.32 Å². The summed E-state index contributed by atoms with van der Waals surface area (Å²) in [6, 6.07) is 1.99. The second kappa shape index (κ2) is 4.43. The van der Waals surface area contributed by atoms with E-state index in [0.717, 1.165) is 15.6 Å². The standard InChI is InChI=1S/C9H9Cl2N3S/c1-5(14-6-3-12-13-4-6)7-2-8(10)15-9(7)11/h2-5,14H,1H3,(H,12,13). The van der Waals surface area contributed by atoms with E-state index in [1.807, 2.05) is 13.0 Å². The molecule has 2 aromatic rings. The molecule has 0 aliphatic rings. The Morgan fingerprint density at radius 1 is 1.53 bits per heavy atom. The second-order valence-electron chi connectivity index (χ2n) is 3.13. The Labute approximate surface area is 101 Å². The molecule has 0 bridgehead atoms. The Bertz CT molecular complexity index is 438. The number of aromatic amines is 1. The lowest BCUT2D eigenvalue weighted by atomic mass is 10.2. The number of anilines is 1. The maximum Gasteiger partial charge on any atom is 0.0996 e. The van der Waals surface area contributed by atoms with Crippen LogP contribution in [-0.4, -0.2) is 10.2 Å². The summed E-state index contributed by atoms with van der Waals surface area (Å²) >= 11 is 13.3. The molecule has 0 aliphatic carbocycles. The SMILES string of the molecule is CC(Nc1cn[nH]c1)c1cc(Cl)sc1Cl. The van der Waals surface area contributed by atoms with Crippen LogP contribution in [0.3, 0.4) is 0 Å². The van der Waals surface area contributed by atoms with Gasteiger partial charge in [-0.05, 0) is 13.0 Å². The predicted molar refractivity (Wildman–Crippen MR) is 65.0 cm³/mol. The highest BCUT2D eigenvalue weighted by Gasteiger charge is 2.13. The Kier molecular flexibility index (Phi) is 3.19. The maximum absolute atomic E-state index is 6.05. The van der Waals surface area contributed by atoms with Crippen LogP contribution in [0.5, 0.6) is 0 Å². The van der Waals surface area contributed by atoms with Gasteiger partial charge in [0.05, 0.1) is 26.6 Å². The Morgan fingerprint density at radius 3 is 2.87 bits per heavy atom. The number of H-pyrrole nitrogens is 1. The average Bonchev–Trinajstić information content (AvgIpc) is 2.75. The summed E-state index contributed by atoms with van der Waals surface area (Å²) in [5.41, 5.74) is 1.94. The van der Waals surface area contributed by atoms with Crippen molar-refractivity contribution in [3.63, 3.8) is 0 Å². The fraction of sp³-hybridized carbons (Fsp3) is 0.222. The van der Waals surface area contributed by atoms with Crippen LogP contribution in [0.1, 0.15) is 18.5 Å². The van der Waals surface area contributed by atoms with E-state index >= 15 is 0 Å². The number of hydrogen-bond donors (Lipinski definition) is 2.